The SMILES string of the molecule is CCCCOc1ccc2c(cc1=O)[C@@H](NC(C)=O)CCc1cc(OC)c(OC)c(OC)c1-2. The van der Waals surface area contributed by atoms with Crippen LogP contribution in [-0.4, -0.2) is 33.8 Å². The molecule has 0 spiro atoms. The molecule has 1 aliphatic rings. The van der Waals surface area contributed by atoms with Gasteiger partial charge in [-0.2, -0.15) is 0 Å². The summed E-state index contributed by atoms with van der Waals surface area (Å²) in [6.07, 6.45) is 3.11. The van der Waals surface area contributed by atoms with Crippen LogP contribution in [0.2, 0.25) is 0 Å². The minimum Gasteiger partial charge on any atom is -0.493 e. The van der Waals surface area contributed by atoms with Crippen molar-refractivity contribution < 1.29 is 23.7 Å². The lowest BCUT2D eigenvalue weighted by molar-refractivity contribution is -0.119. The van der Waals surface area contributed by atoms with Crippen LogP contribution in [0.5, 0.6) is 23.0 Å². The van der Waals surface area contributed by atoms with Crippen molar-refractivity contribution in [2.45, 2.75) is 45.6 Å². The summed E-state index contributed by atoms with van der Waals surface area (Å²) >= 11 is 0. The Balaban J connectivity index is 2.31. The van der Waals surface area contributed by atoms with E-state index in [2.05, 4.69) is 12.2 Å². The Morgan fingerprint density at radius 1 is 1.06 bits per heavy atom. The third-order valence-electron chi connectivity index (χ3n) is 5.63. The molecule has 0 saturated heterocycles. The summed E-state index contributed by atoms with van der Waals surface area (Å²) in [4.78, 5) is 25.0. The summed E-state index contributed by atoms with van der Waals surface area (Å²) in [5, 5.41) is 3.00. The number of carbonyl (C=O) groups is 1. The Labute approximate surface area is 188 Å². The third kappa shape index (κ3) is 4.66. The highest BCUT2D eigenvalue weighted by Crippen LogP contribution is 2.50. The van der Waals surface area contributed by atoms with E-state index in [1.165, 1.54) is 6.92 Å². The lowest BCUT2D eigenvalue weighted by Gasteiger charge is -2.19. The van der Waals surface area contributed by atoms with Crippen molar-refractivity contribution in [2.24, 2.45) is 0 Å². The van der Waals surface area contributed by atoms with Gasteiger partial charge in [0.25, 0.3) is 0 Å². The van der Waals surface area contributed by atoms with Gasteiger partial charge in [0.15, 0.2) is 17.2 Å². The van der Waals surface area contributed by atoms with Crippen LogP contribution in [-0.2, 0) is 11.2 Å². The molecule has 7 nitrogen and oxygen atoms in total. The maximum Gasteiger partial charge on any atom is 0.220 e. The Kier molecular flexibility index (Phi) is 7.62. The fourth-order valence-electron chi connectivity index (χ4n) is 4.14. The molecule has 32 heavy (non-hydrogen) atoms. The van der Waals surface area contributed by atoms with Gasteiger partial charge in [-0.05, 0) is 54.2 Å². The molecule has 1 atom stereocenters. The number of carbonyl (C=O) groups excluding carboxylic acids is 1. The number of amides is 1. The maximum atomic E-state index is 13.0. The zero-order valence-corrected chi connectivity index (χ0v) is 19.4. The van der Waals surface area contributed by atoms with Gasteiger partial charge in [0, 0.05) is 12.5 Å². The van der Waals surface area contributed by atoms with Gasteiger partial charge in [0.05, 0.1) is 34.0 Å². The van der Waals surface area contributed by atoms with Crippen molar-refractivity contribution in [3.63, 3.8) is 0 Å². The second-order valence-electron chi connectivity index (χ2n) is 7.75. The zero-order chi connectivity index (χ0) is 23.3. The van der Waals surface area contributed by atoms with Crippen molar-refractivity contribution in [1.82, 2.24) is 5.32 Å². The largest absolute Gasteiger partial charge is 0.493 e. The standard InChI is InChI=1S/C25H31NO6/c1-6-7-12-32-21-11-9-17-18(14-20(21)28)19(26-15(2)27)10-8-16-13-22(29-3)24(30-4)25(31-5)23(16)17/h9,11,13-14,19H,6-8,10,12H2,1-5H3,(H,26,27)/t19-/m0/s1. The number of fused-ring (bicyclic) bond motifs is 3. The second kappa shape index (κ2) is 10.4. The van der Waals surface area contributed by atoms with Crippen LogP contribution < -0.4 is 29.7 Å². The number of hydrogen-bond donors (Lipinski definition) is 1. The van der Waals surface area contributed by atoms with Crippen LogP contribution in [0.4, 0.5) is 0 Å². The highest BCUT2D eigenvalue weighted by Gasteiger charge is 2.29. The third-order valence-corrected chi connectivity index (χ3v) is 5.63. The van der Waals surface area contributed by atoms with E-state index >= 15 is 0 Å². The van der Waals surface area contributed by atoms with Crippen molar-refractivity contribution in [3.05, 3.63) is 45.6 Å². The van der Waals surface area contributed by atoms with Crippen LogP contribution in [0.1, 0.15) is 50.3 Å². The van der Waals surface area contributed by atoms with Crippen LogP contribution in [0.15, 0.2) is 29.1 Å². The lowest BCUT2D eigenvalue weighted by atomic mass is 9.95. The zero-order valence-electron chi connectivity index (χ0n) is 19.4. The molecule has 1 aliphatic carbocycles. The number of methoxy groups -OCH3 is 3. The van der Waals surface area contributed by atoms with Gasteiger partial charge in [-0.15, -0.1) is 0 Å². The van der Waals surface area contributed by atoms with E-state index in [4.69, 9.17) is 18.9 Å². The summed E-state index contributed by atoms with van der Waals surface area (Å²) in [6, 6.07) is 6.74. The van der Waals surface area contributed by atoms with Gasteiger partial charge < -0.3 is 24.3 Å². The molecule has 7 heteroatoms. The predicted molar refractivity (Wildman–Crippen MR) is 123 cm³/mol. The highest BCUT2D eigenvalue weighted by molar-refractivity contribution is 5.83. The summed E-state index contributed by atoms with van der Waals surface area (Å²) in [7, 11) is 4.72. The Morgan fingerprint density at radius 3 is 2.44 bits per heavy atom. The quantitative estimate of drug-likeness (QED) is 0.623. The van der Waals surface area contributed by atoms with Crippen LogP contribution in [0.25, 0.3) is 11.1 Å². The molecule has 3 rings (SSSR count). The van der Waals surface area contributed by atoms with Gasteiger partial charge in [0.1, 0.15) is 0 Å². The molecular weight excluding hydrogens is 410 g/mol. The fourth-order valence-corrected chi connectivity index (χ4v) is 4.14. The molecule has 0 aromatic heterocycles. The van der Waals surface area contributed by atoms with Crippen LogP contribution in [0, 0.1) is 0 Å². The minimum atomic E-state index is -0.333. The molecule has 0 unspecified atom stereocenters. The number of ether oxygens (including phenoxy) is 4. The van der Waals surface area contributed by atoms with E-state index in [1.807, 2.05) is 12.1 Å². The summed E-state index contributed by atoms with van der Waals surface area (Å²) in [5.41, 5.74) is 3.10. The van der Waals surface area contributed by atoms with Gasteiger partial charge in [-0.3, -0.25) is 9.59 Å². The summed E-state index contributed by atoms with van der Waals surface area (Å²) in [6.45, 7) is 4.02. The number of benzene rings is 1. The van der Waals surface area contributed by atoms with E-state index in [1.54, 1.807) is 33.5 Å². The van der Waals surface area contributed by atoms with E-state index in [0.717, 1.165) is 35.1 Å². The van der Waals surface area contributed by atoms with E-state index < -0.39 is 0 Å². The summed E-state index contributed by atoms with van der Waals surface area (Å²) in [5.74, 6) is 1.70. The number of unbranched alkanes of at least 4 members (excludes halogenated alkanes) is 1. The fraction of sp³-hybridized carbons (Fsp3) is 0.440. The number of rotatable bonds is 8. The molecule has 172 valence electrons. The maximum absolute atomic E-state index is 13.0. The van der Waals surface area contributed by atoms with Crippen molar-refractivity contribution >= 4 is 5.91 Å². The monoisotopic (exact) mass is 441 g/mol. The molecule has 0 heterocycles. The average Bonchev–Trinajstić information content (AvgIpc) is 3.02. The lowest BCUT2D eigenvalue weighted by Crippen LogP contribution is -2.26. The van der Waals surface area contributed by atoms with Crippen molar-refractivity contribution in [3.8, 4) is 34.1 Å². The molecule has 1 N–H and O–H groups in total. The number of hydrogen-bond acceptors (Lipinski definition) is 6. The van der Waals surface area contributed by atoms with Gasteiger partial charge in [-0.1, -0.05) is 19.4 Å². The predicted octanol–water partition coefficient (Wildman–Crippen LogP) is 4.04. The molecule has 0 fully saturated rings. The highest BCUT2D eigenvalue weighted by atomic mass is 16.5. The Bertz CT molecular complexity index is 1050. The number of aryl methyl sites for hydroxylation is 1. The molecule has 1 amide bonds. The molecule has 0 aliphatic heterocycles. The normalized spacial score (nSPS) is 14.5. The second-order valence-corrected chi connectivity index (χ2v) is 7.75. The minimum absolute atomic E-state index is 0.160. The first-order valence-corrected chi connectivity index (χ1v) is 10.8. The van der Waals surface area contributed by atoms with E-state index in [9.17, 15) is 9.59 Å². The Hall–Kier alpha value is -3.22. The van der Waals surface area contributed by atoms with Crippen LogP contribution in [0.3, 0.4) is 0 Å². The van der Waals surface area contributed by atoms with Gasteiger partial charge in [0.2, 0.25) is 17.1 Å². The molecule has 0 saturated carbocycles. The molecule has 0 radical (unpaired) electrons. The topological polar surface area (TPSA) is 83.1 Å². The smallest absolute Gasteiger partial charge is 0.220 e. The first-order valence-electron chi connectivity index (χ1n) is 10.8. The van der Waals surface area contributed by atoms with Crippen molar-refractivity contribution in [1.29, 1.82) is 0 Å². The van der Waals surface area contributed by atoms with Crippen LogP contribution >= 0.6 is 0 Å². The molecule has 2 aromatic carbocycles. The Morgan fingerprint density at radius 2 is 1.81 bits per heavy atom. The summed E-state index contributed by atoms with van der Waals surface area (Å²) < 4.78 is 22.7. The molecular formula is C25H31NO6. The molecule has 0 bridgehead atoms. The van der Waals surface area contributed by atoms with E-state index in [-0.39, 0.29) is 23.1 Å². The molecule has 2 aromatic rings. The van der Waals surface area contributed by atoms with Gasteiger partial charge in [-0.25, -0.2) is 0 Å². The first kappa shape index (κ1) is 23.4. The van der Waals surface area contributed by atoms with E-state index in [0.29, 0.717) is 36.7 Å². The number of nitrogens with one attached hydrogen (secondary N) is 1. The van der Waals surface area contributed by atoms with Gasteiger partial charge >= 0.3 is 0 Å². The van der Waals surface area contributed by atoms with Crippen molar-refractivity contribution in [2.75, 3.05) is 27.9 Å². The first-order chi connectivity index (χ1) is 15.4. The average molecular weight is 442 g/mol.